The number of hydrogen-bond acceptors (Lipinski definition) is 1. The molecule has 1 saturated heterocycles. The Labute approximate surface area is 113 Å². The molecule has 1 aliphatic rings. The Hall–Kier alpha value is -1.77. The first-order chi connectivity index (χ1) is 9.27. The number of rotatable bonds is 1. The molecule has 1 aliphatic heterocycles. The van der Waals surface area contributed by atoms with E-state index < -0.39 is 0 Å². The van der Waals surface area contributed by atoms with Crippen LogP contribution in [0.4, 0.5) is 0 Å². The molecule has 0 spiro atoms. The third-order valence-electron chi connectivity index (χ3n) is 4.05. The van der Waals surface area contributed by atoms with Crippen LogP contribution in [0, 0.1) is 0 Å². The van der Waals surface area contributed by atoms with E-state index in [4.69, 9.17) is 0 Å². The molecule has 0 saturated carbocycles. The molecule has 2 aromatic rings. The molecule has 1 fully saturated rings. The molecule has 19 heavy (non-hydrogen) atoms. The molecule has 2 heterocycles. The molecule has 3 heteroatoms. The summed E-state index contributed by atoms with van der Waals surface area (Å²) in [4.78, 5) is 14.7. The van der Waals surface area contributed by atoms with Crippen LogP contribution in [-0.2, 0) is 7.05 Å². The van der Waals surface area contributed by atoms with E-state index in [-0.39, 0.29) is 5.91 Å². The minimum atomic E-state index is 0.193. The standard InChI is InChI=1S/C16H20N2O/c1-17-12-9-13-14(7-6-8-15(13)17)16(19)18-10-4-2-3-5-11-18/h6-9,12H,2-5,10-11H2,1H3. The van der Waals surface area contributed by atoms with Gasteiger partial charge in [0.25, 0.3) is 5.91 Å². The van der Waals surface area contributed by atoms with Gasteiger partial charge >= 0.3 is 0 Å². The van der Waals surface area contributed by atoms with Crippen LogP contribution in [0.3, 0.4) is 0 Å². The molecule has 0 radical (unpaired) electrons. The fourth-order valence-corrected chi connectivity index (χ4v) is 2.93. The van der Waals surface area contributed by atoms with E-state index in [1.54, 1.807) is 0 Å². The van der Waals surface area contributed by atoms with Gasteiger partial charge in [-0.3, -0.25) is 4.79 Å². The molecular weight excluding hydrogens is 236 g/mol. The molecule has 1 aromatic carbocycles. The van der Waals surface area contributed by atoms with Crippen LogP contribution in [-0.4, -0.2) is 28.5 Å². The molecule has 1 aromatic heterocycles. The van der Waals surface area contributed by atoms with Gasteiger partial charge in [-0.25, -0.2) is 0 Å². The van der Waals surface area contributed by atoms with E-state index in [0.29, 0.717) is 0 Å². The zero-order chi connectivity index (χ0) is 13.2. The Kier molecular flexibility index (Phi) is 3.28. The summed E-state index contributed by atoms with van der Waals surface area (Å²) in [6.07, 6.45) is 6.79. The van der Waals surface area contributed by atoms with Gasteiger partial charge in [0.15, 0.2) is 0 Å². The third-order valence-corrected chi connectivity index (χ3v) is 4.05. The van der Waals surface area contributed by atoms with E-state index in [2.05, 4.69) is 10.6 Å². The number of fused-ring (bicyclic) bond motifs is 1. The second kappa shape index (κ2) is 5.08. The monoisotopic (exact) mass is 256 g/mol. The topological polar surface area (TPSA) is 25.2 Å². The van der Waals surface area contributed by atoms with Gasteiger partial charge < -0.3 is 9.47 Å². The lowest BCUT2D eigenvalue weighted by Crippen LogP contribution is -2.31. The smallest absolute Gasteiger partial charge is 0.254 e. The molecular formula is C16H20N2O. The fourth-order valence-electron chi connectivity index (χ4n) is 2.93. The van der Waals surface area contributed by atoms with Gasteiger partial charge in [0, 0.05) is 42.8 Å². The van der Waals surface area contributed by atoms with Crippen LogP contribution >= 0.6 is 0 Å². The third kappa shape index (κ3) is 2.25. The van der Waals surface area contributed by atoms with E-state index >= 15 is 0 Å². The molecule has 0 atom stereocenters. The molecule has 0 N–H and O–H groups in total. The Bertz CT molecular complexity index is 592. The summed E-state index contributed by atoms with van der Waals surface area (Å²) < 4.78 is 2.06. The van der Waals surface area contributed by atoms with Gasteiger partial charge in [0.05, 0.1) is 0 Å². The van der Waals surface area contributed by atoms with Crippen molar-refractivity contribution >= 4 is 16.8 Å². The van der Waals surface area contributed by atoms with Crippen molar-refractivity contribution in [2.75, 3.05) is 13.1 Å². The molecule has 3 rings (SSSR count). The first kappa shape index (κ1) is 12.3. The summed E-state index contributed by atoms with van der Waals surface area (Å²) in [6.45, 7) is 1.81. The highest BCUT2D eigenvalue weighted by Gasteiger charge is 2.19. The molecule has 1 amide bonds. The minimum Gasteiger partial charge on any atom is -0.351 e. The zero-order valence-corrected chi connectivity index (χ0v) is 11.4. The number of hydrogen-bond donors (Lipinski definition) is 0. The van der Waals surface area contributed by atoms with Crippen LogP contribution in [0.1, 0.15) is 36.0 Å². The Morgan fingerprint density at radius 2 is 1.79 bits per heavy atom. The predicted octanol–water partition coefficient (Wildman–Crippen LogP) is 3.19. The maximum absolute atomic E-state index is 12.7. The number of carbonyl (C=O) groups excluding carboxylic acids is 1. The second-order valence-corrected chi connectivity index (χ2v) is 5.37. The molecule has 0 aliphatic carbocycles. The lowest BCUT2D eigenvalue weighted by atomic mass is 10.1. The maximum Gasteiger partial charge on any atom is 0.254 e. The highest BCUT2D eigenvalue weighted by molar-refractivity contribution is 6.06. The summed E-state index contributed by atoms with van der Waals surface area (Å²) in [5, 5.41) is 1.07. The Morgan fingerprint density at radius 3 is 2.53 bits per heavy atom. The van der Waals surface area contributed by atoms with Crippen molar-refractivity contribution in [3.8, 4) is 0 Å². The minimum absolute atomic E-state index is 0.193. The van der Waals surface area contributed by atoms with Gasteiger partial charge in [0.2, 0.25) is 0 Å². The van der Waals surface area contributed by atoms with Gasteiger partial charge in [-0.15, -0.1) is 0 Å². The van der Waals surface area contributed by atoms with E-state index in [1.165, 1.54) is 12.8 Å². The van der Waals surface area contributed by atoms with Crippen molar-refractivity contribution < 1.29 is 4.79 Å². The van der Waals surface area contributed by atoms with E-state index in [1.807, 2.05) is 36.3 Å². The van der Waals surface area contributed by atoms with E-state index in [0.717, 1.165) is 42.4 Å². The number of likely N-dealkylation sites (tertiary alicyclic amines) is 1. The van der Waals surface area contributed by atoms with Crippen molar-refractivity contribution in [2.45, 2.75) is 25.7 Å². The van der Waals surface area contributed by atoms with Crippen molar-refractivity contribution in [3.63, 3.8) is 0 Å². The highest BCUT2D eigenvalue weighted by atomic mass is 16.2. The second-order valence-electron chi connectivity index (χ2n) is 5.37. The maximum atomic E-state index is 12.7. The lowest BCUT2D eigenvalue weighted by Gasteiger charge is -2.20. The average molecular weight is 256 g/mol. The van der Waals surface area contributed by atoms with Gasteiger partial charge in [-0.1, -0.05) is 18.9 Å². The molecule has 3 nitrogen and oxygen atoms in total. The normalized spacial score (nSPS) is 16.6. The summed E-state index contributed by atoms with van der Waals surface area (Å²) in [6, 6.07) is 8.04. The number of benzene rings is 1. The number of aromatic nitrogens is 1. The first-order valence-electron chi connectivity index (χ1n) is 7.11. The largest absolute Gasteiger partial charge is 0.351 e. The van der Waals surface area contributed by atoms with Crippen LogP contribution < -0.4 is 0 Å². The van der Waals surface area contributed by atoms with Gasteiger partial charge in [0.1, 0.15) is 0 Å². The zero-order valence-electron chi connectivity index (χ0n) is 11.4. The van der Waals surface area contributed by atoms with Crippen LogP contribution in [0.15, 0.2) is 30.5 Å². The van der Waals surface area contributed by atoms with Crippen LogP contribution in [0.25, 0.3) is 10.9 Å². The lowest BCUT2D eigenvalue weighted by molar-refractivity contribution is 0.0763. The van der Waals surface area contributed by atoms with Crippen molar-refractivity contribution in [3.05, 3.63) is 36.0 Å². The average Bonchev–Trinajstić information content (AvgIpc) is 2.68. The molecule has 100 valence electrons. The highest BCUT2D eigenvalue weighted by Crippen LogP contribution is 2.22. The van der Waals surface area contributed by atoms with Gasteiger partial charge in [-0.05, 0) is 31.0 Å². The van der Waals surface area contributed by atoms with Gasteiger partial charge in [-0.2, -0.15) is 0 Å². The SMILES string of the molecule is Cn1ccc2c(C(=O)N3CCCCCC3)cccc21. The number of amides is 1. The summed E-state index contributed by atoms with van der Waals surface area (Å²) in [7, 11) is 2.02. The summed E-state index contributed by atoms with van der Waals surface area (Å²) in [5.41, 5.74) is 1.97. The van der Waals surface area contributed by atoms with Crippen LogP contribution in [0.5, 0.6) is 0 Å². The number of carbonyl (C=O) groups is 1. The number of aryl methyl sites for hydroxylation is 1. The van der Waals surface area contributed by atoms with Crippen molar-refractivity contribution in [1.82, 2.24) is 9.47 Å². The predicted molar refractivity (Wildman–Crippen MR) is 77.3 cm³/mol. The fraction of sp³-hybridized carbons (Fsp3) is 0.438. The van der Waals surface area contributed by atoms with Crippen LogP contribution in [0.2, 0.25) is 0 Å². The summed E-state index contributed by atoms with van der Waals surface area (Å²) >= 11 is 0. The Balaban J connectivity index is 1.96. The molecule has 0 bridgehead atoms. The Morgan fingerprint density at radius 1 is 1.05 bits per heavy atom. The van der Waals surface area contributed by atoms with E-state index in [9.17, 15) is 4.79 Å². The van der Waals surface area contributed by atoms with Crippen molar-refractivity contribution in [1.29, 1.82) is 0 Å². The van der Waals surface area contributed by atoms with Crippen molar-refractivity contribution in [2.24, 2.45) is 7.05 Å². The first-order valence-corrected chi connectivity index (χ1v) is 7.11. The quantitative estimate of drug-likeness (QED) is 0.769. The summed E-state index contributed by atoms with van der Waals surface area (Å²) in [5.74, 6) is 0.193. The number of nitrogens with zero attached hydrogens (tertiary/aromatic N) is 2. The molecule has 0 unspecified atom stereocenters.